The zero-order chi connectivity index (χ0) is 23.2. The van der Waals surface area contributed by atoms with Crippen LogP contribution in [0.15, 0.2) is 36.7 Å². The zero-order valence-corrected chi connectivity index (χ0v) is 19.3. The van der Waals surface area contributed by atoms with Crippen LogP contribution in [0, 0.1) is 0 Å². The van der Waals surface area contributed by atoms with E-state index in [4.69, 9.17) is 9.47 Å². The molecule has 1 fully saturated rings. The molecule has 3 aromatic rings. The van der Waals surface area contributed by atoms with Crippen LogP contribution in [0.25, 0.3) is 11.3 Å². The minimum absolute atomic E-state index is 0.0199. The molecule has 33 heavy (non-hydrogen) atoms. The Hall–Kier alpha value is -3.46. The molecule has 9 nitrogen and oxygen atoms in total. The summed E-state index contributed by atoms with van der Waals surface area (Å²) in [5.74, 6) is 0.972. The second kappa shape index (κ2) is 8.15. The number of aryl methyl sites for hydroxylation is 1. The highest BCUT2D eigenvalue weighted by Gasteiger charge is 2.34. The number of hydrogen-bond donors (Lipinski definition) is 1. The summed E-state index contributed by atoms with van der Waals surface area (Å²) < 4.78 is 13.9. The van der Waals surface area contributed by atoms with Gasteiger partial charge in [-0.25, -0.2) is 4.98 Å². The van der Waals surface area contributed by atoms with Crippen molar-refractivity contribution < 1.29 is 14.3 Å². The van der Waals surface area contributed by atoms with Crippen LogP contribution in [-0.2, 0) is 13.5 Å². The SMILES string of the molecule is CN1CCC(Oc2nc3c(cc2C(=O)Nc2cccc(-c4cnn(C)c4)n2)CC(C)(C)O3)C1. The lowest BCUT2D eigenvalue weighted by Gasteiger charge is -2.17. The normalized spacial score (nSPS) is 19.2. The van der Waals surface area contributed by atoms with Crippen molar-refractivity contribution in [2.45, 2.75) is 38.4 Å². The number of aromatic nitrogens is 4. The molecule has 0 aliphatic carbocycles. The van der Waals surface area contributed by atoms with Crippen molar-refractivity contribution in [2.75, 3.05) is 25.5 Å². The second-order valence-corrected chi connectivity index (χ2v) is 9.40. The summed E-state index contributed by atoms with van der Waals surface area (Å²) in [6.07, 6.45) is 5.16. The van der Waals surface area contributed by atoms with E-state index in [2.05, 4.69) is 32.3 Å². The molecule has 0 aromatic carbocycles. The van der Waals surface area contributed by atoms with Gasteiger partial charge in [0.15, 0.2) is 0 Å². The highest BCUT2D eigenvalue weighted by molar-refractivity contribution is 6.05. The fourth-order valence-electron chi connectivity index (χ4n) is 4.30. The number of likely N-dealkylation sites (tertiary alicyclic amines) is 1. The Morgan fingerprint density at radius 2 is 2.12 bits per heavy atom. The molecule has 0 radical (unpaired) electrons. The molecule has 172 valence electrons. The van der Waals surface area contributed by atoms with E-state index in [9.17, 15) is 4.79 Å². The fraction of sp³-hybridized carbons (Fsp3) is 0.417. The number of rotatable bonds is 5. The molecule has 9 heteroatoms. The van der Waals surface area contributed by atoms with Crippen LogP contribution >= 0.6 is 0 Å². The molecule has 1 N–H and O–H groups in total. The van der Waals surface area contributed by atoms with Crippen LogP contribution in [0.2, 0.25) is 0 Å². The number of ether oxygens (including phenoxy) is 2. The molecule has 0 spiro atoms. The summed E-state index contributed by atoms with van der Waals surface area (Å²) in [5, 5.41) is 7.10. The van der Waals surface area contributed by atoms with Gasteiger partial charge in [-0.1, -0.05) is 6.07 Å². The average Bonchev–Trinajstić information content (AvgIpc) is 3.44. The smallest absolute Gasteiger partial charge is 0.262 e. The number of fused-ring (bicyclic) bond motifs is 1. The number of pyridine rings is 2. The number of anilines is 1. The van der Waals surface area contributed by atoms with Gasteiger partial charge in [0.05, 0.1) is 11.9 Å². The lowest BCUT2D eigenvalue weighted by molar-refractivity contribution is 0.101. The van der Waals surface area contributed by atoms with Gasteiger partial charge in [-0.05, 0) is 45.5 Å². The van der Waals surface area contributed by atoms with Crippen molar-refractivity contribution in [1.82, 2.24) is 24.6 Å². The van der Waals surface area contributed by atoms with Crippen molar-refractivity contribution in [3.63, 3.8) is 0 Å². The topological polar surface area (TPSA) is 94.4 Å². The highest BCUT2D eigenvalue weighted by atomic mass is 16.5. The van der Waals surface area contributed by atoms with Crippen molar-refractivity contribution in [3.8, 4) is 23.0 Å². The maximum Gasteiger partial charge on any atom is 0.262 e. The van der Waals surface area contributed by atoms with Gasteiger partial charge in [0.2, 0.25) is 11.8 Å². The maximum absolute atomic E-state index is 13.3. The Balaban J connectivity index is 1.43. The number of amides is 1. The Morgan fingerprint density at radius 3 is 2.85 bits per heavy atom. The van der Waals surface area contributed by atoms with E-state index >= 15 is 0 Å². The minimum Gasteiger partial charge on any atom is -0.472 e. The number of carbonyl (C=O) groups is 1. The molecule has 5 rings (SSSR count). The third kappa shape index (κ3) is 4.54. The summed E-state index contributed by atoms with van der Waals surface area (Å²) in [4.78, 5) is 24.7. The second-order valence-electron chi connectivity index (χ2n) is 9.40. The summed E-state index contributed by atoms with van der Waals surface area (Å²) in [7, 11) is 3.91. The molecular formula is C24H28N6O3. The molecule has 2 aliphatic heterocycles. The van der Waals surface area contributed by atoms with Gasteiger partial charge in [0, 0.05) is 43.9 Å². The standard InChI is InChI=1S/C24H28N6O3/c1-24(2)11-15-10-18(23(28-22(15)33-24)32-17-8-9-29(3)14-17)21(31)27-20-7-5-6-19(26-20)16-12-25-30(4)13-16/h5-7,10,12-13,17H,8-9,11,14H2,1-4H3,(H,26,27,31). The first-order valence-electron chi connectivity index (χ1n) is 11.1. The molecule has 5 heterocycles. The molecule has 1 unspecified atom stereocenters. The van der Waals surface area contributed by atoms with Gasteiger partial charge < -0.3 is 19.7 Å². The molecular weight excluding hydrogens is 420 g/mol. The molecule has 2 aliphatic rings. The van der Waals surface area contributed by atoms with Gasteiger partial charge in [0.1, 0.15) is 23.1 Å². The average molecular weight is 449 g/mol. The van der Waals surface area contributed by atoms with E-state index in [1.54, 1.807) is 16.9 Å². The van der Waals surface area contributed by atoms with E-state index in [1.165, 1.54) is 0 Å². The van der Waals surface area contributed by atoms with Crippen LogP contribution in [0.4, 0.5) is 5.82 Å². The monoisotopic (exact) mass is 448 g/mol. The minimum atomic E-state index is -0.366. The van der Waals surface area contributed by atoms with Crippen molar-refractivity contribution in [1.29, 1.82) is 0 Å². The first-order chi connectivity index (χ1) is 15.8. The molecule has 0 bridgehead atoms. The van der Waals surface area contributed by atoms with E-state index in [-0.39, 0.29) is 17.6 Å². The molecule has 1 amide bonds. The first kappa shape index (κ1) is 21.4. The largest absolute Gasteiger partial charge is 0.472 e. The summed E-state index contributed by atoms with van der Waals surface area (Å²) in [6.45, 7) is 5.76. The van der Waals surface area contributed by atoms with Gasteiger partial charge in [0.25, 0.3) is 5.91 Å². The Morgan fingerprint density at radius 1 is 1.27 bits per heavy atom. The van der Waals surface area contributed by atoms with Crippen LogP contribution in [0.3, 0.4) is 0 Å². The number of carbonyl (C=O) groups excluding carboxylic acids is 1. The van der Waals surface area contributed by atoms with Crippen LogP contribution in [0.5, 0.6) is 11.8 Å². The van der Waals surface area contributed by atoms with Gasteiger partial charge in [-0.3, -0.25) is 9.48 Å². The zero-order valence-electron chi connectivity index (χ0n) is 19.3. The van der Waals surface area contributed by atoms with Crippen LogP contribution in [-0.4, -0.2) is 62.4 Å². The van der Waals surface area contributed by atoms with E-state index in [0.717, 1.165) is 36.3 Å². The fourth-order valence-corrected chi connectivity index (χ4v) is 4.30. The number of nitrogens with one attached hydrogen (secondary N) is 1. The maximum atomic E-state index is 13.3. The van der Waals surface area contributed by atoms with Gasteiger partial charge in [-0.15, -0.1) is 0 Å². The summed E-state index contributed by atoms with van der Waals surface area (Å²) >= 11 is 0. The van der Waals surface area contributed by atoms with Gasteiger partial charge in [-0.2, -0.15) is 10.1 Å². The summed E-state index contributed by atoms with van der Waals surface area (Å²) in [6, 6.07) is 7.34. The quantitative estimate of drug-likeness (QED) is 0.641. The number of likely N-dealkylation sites (N-methyl/N-ethyl adjacent to an activating group) is 1. The molecule has 3 aromatic heterocycles. The number of nitrogens with zero attached hydrogens (tertiary/aromatic N) is 5. The van der Waals surface area contributed by atoms with Crippen molar-refractivity contribution in [3.05, 3.63) is 47.8 Å². The number of hydrogen-bond acceptors (Lipinski definition) is 7. The third-order valence-corrected chi connectivity index (χ3v) is 5.88. The van der Waals surface area contributed by atoms with Crippen LogP contribution in [0.1, 0.15) is 36.2 Å². The third-order valence-electron chi connectivity index (χ3n) is 5.88. The van der Waals surface area contributed by atoms with Crippen molar-refractivity contribution in [2.24, 2.45) is 7.05 Å². The Bertz CT molecular complexity index is 1200. The Labute approximate surface area is 192 Å². The van der Waals surface area contributed by atoms with Crippen LogP contribution < -0.4 is 14.8 Å². The lowest BCUT2D eigenvalue weighted by atomic mass is 10.0. The highest BCUT2D eigenvalue weighted by Crippen LogP contribution is 2.37. The predicted octanol–water partition coefficient (Wildman–Crippen LogP) is 2.93. The van der Waals surface area contributed by atoms with E-state index < -0.39 is 0 Å². The van der Waals surface area contributed by atoms with Gasteiger partial charge >= 0.3 is 0 Å². The molecule has 1 atom stereocenters. The first-order valence-corrected chi connectivity index (χ1v) is 11.1. The molecule has 1 saturated heterocycles. The predicted molar refractivity (Wildman–Crippen MR) is 124 cm³/mol. The summed E-state index contributed by atoms with van der Waals surface area (Å²) in [5.41, 5.74) is 2.53. The van der Waals surface area contributed by atoms with E-state index in [0.29, 0.717) is 29.6 Å². The lowest BCUT2D eigenvalue weighted by Crippen LogP contribution is -2.25. The van der Waals surface area contributed by atoms with E-state index in [1.807, 2.05) is 45.3 Å². The Kier molecular flexibility index (Phi) is 5.28. The van der Waals surface area contributed by atoms with Crippen molar-refractivity contribution >= 4 is 11.7 Å². The molecule has 0 saturated carbocycles.